The molecule has 1 aromatic carbocycles. The van der Waals surface area contributed by atoms with Crippen molar-refractivity contribution in [3.63, 3.8) is 0 Å². The first-order valence-corrected chi connectivity index (χ1v) is 7.68. The Kier molecular flexibility index (Phi) is 6.40. The average molecular weight is 296 g/mol. The molecule has 0 saturated carbocycles. The number of nitrogens with zero attached hydrogens (tertiary/aromatic N) is 1. The zero-order valence-corrected chi connectivity index (χ0v) is 13.6. The lowest BCUT2D eigenvalue weighted by Crippen LogP contribution is -2.38. The minimum absolute atomic E-state index is 0.123. The Balaban J connectivity index is 3.33. The third kappa shape index (κ3) is 3.92. The van der Waals surface area contributed by atoms with E-state index in [-0.39, 0.29) is 10.8 Å². The lowest BCUT2D eigenvalue weighted by molar-refractivity contribution is 0.505. The van der Waals surface area contributed by atoms with Crippen molar-refractivity contribution in [1.82, 2.24) is 0 Å². The normalized spacial score (nSPS) is 11.2. The number of halogens is 1. The molecule has 2 nitrogen and oxygen atoms in total. The summed E-state index contributed by atoms with van der Waals surface area (Å²) in [6.07, 6.45) is 2.02. The minimum Gasteiger partial charge on any atom is -0.389 e. The third-order valence-electron chi connectivity index (χ3n) is 3.49. The standard InChI is InChI=1S/C16H25FN2S/c1-5-12(6-2)19(10-11(3)4)14-9-7-8-13(17)15(14)16(18)20/h7-9,11-12H,5-6,10H2,1-4H3,(H2,18,20). The summed E-state index contributed by atoms with van der Waals surface area (Å²) >= 11 is 5.04. The van der Waals surface area contributed by atoms with Gasteiger partial charge < -0.3 is 10.6 Å². The molecule has 2 N–H and O–H groups in total. The van der Waals surface area contributed by atoms with Gasteiger partial charge in [-0.1, -0.05) is 46.0 Å². The number of hydrogen-bond donors (Lipinski definition) is 1. The van der Waals surface area contributed by atoms with Gasteiger partial charge in [0.2, 0.25) is 0 Å². The van der Waals surface area contributed by atoms with Crippen molar-refractivity contribution in [3.05, 3.63) is 29.6 Å². The molecule has 1 aromatic rings. The first kappa shape index (κ1) is 16.9. The summed E-state index contributed by atoms with van der Waals surface area (Å²) in [7, 11) is 0. The SMILES string of the molecule is CCC(CC)N(CC(C)C)c1cccc(F)c1C(N)=S. The van der Waals surface area contributed by atoms with Gasteiger partial charge in [-0.2, -0.15) is 0 Å². The van der Waals surface area contributed by atoms with Gasteiger partial charge in [-0.15, -0.1) is 0 Å². The van der Waals surface area contributed by atoms with Gasteiger partial charge in [0, 0.05) is 12.6 Å². The van der Waals surface area contributed by atoms with Crippen LogP contribution in [0.4, 0.5) is 10.1 Å². The molecule has 0 amide bonds. The topological polar surface area (TPSA) is 29.3 Å². The van der Waals surface area contributed by atoms with Gasteiger partial charge in [-0.3, -0.25) is 0 Å². The first-order valence-electron chi connectivity index (χ1n) is 7.27. The van der Waals surface area contributed by atoms with Gasteiger partial charge in [-0.05, 0) is 30.9 Å². The minimum atomic E-state index is -0.338. The Hall–Kier alpha value is -1.16. The van der Waals surface area contributed by atoms with E-state index in [0.29, 0.717) is 17.5 Å². The molecule has 112 valence electrons. The lowest BCUT2D eigenvalue weighted by Gasteiger charge is -2.35. The predicted molar refractivity (Wildman–Crippen MR) is 88.8 cm³/mol. The zero-order valence-electron chi connectivity index (χ0n) is 12.8. The van der Waals surface area contributed by atoms with Crippen LogP contribution in [0.15, 0.2) is 18.2 Å². The Labute approximate surface area is 127 Å². The number of rotatable bonds is 7. The summed E-state index contributed by atoms with van der Waals surface area (Å²) in [6.45, 7) is 9.50. The number of nitrogens with two attached hydrogens (primary N) is 1. The van der Waals surface area contributed by atoms with Crippen molar-refractivity contribution in [1.29, 1.82) is 0 Å². The predicted octanol–water partition coefficient (Wildman–Crippen LogP) is 4.11. The molecule has 4 heteroatoms. The van der Waals surface area contributed by atoms with E-state index in [1.807, 2.05) is 6.07 Å². The smallest absolute Gasteiger partial charge is 0.135 e. The highest BCUT2D eigenvalue weighted by molar-refractivity contribution is 7.80. The fourth-order valence-electron chi connectivity index (χ4n) is 2.56. The van der Waals surface area contributed by atoms with Crippen molar-refractivity contribution >= 4 is 22.9 Å². The maximum atomic E-state index is 14.1. The fourth-order valence-corrected chi connectivity index (χ4v) is 2.77. The van der Waals surface area contributed by atoms with E-state index < -0.39 is 0 Å². The van der Waals surface area contributed by atoms with E-state index in [2.05, 4.69) is 32.6 Å². The second-order valence-corrected chi connectivity index (χ2v) is 5.95. The van der Waals surface area contributed by atoms with E-state index in [9.17, 15) is 4.39 Å². The van der Waals surface area contributed by atoms with Crippen LogP contribution in [0, 0.1) is 11.7 Å². The highest BCUT2D eigenvalue weighted by Gasteiger charge is 2.22. The molecular weight excluding hydrogens is 271 g/mol. The summed E-state index contributed by atoms with van der Waals surface area (Å²) in [4.78, 5) is 2.38. The Morgan fingerprint density at radius 3 is 2.35 bits per heavy atom. The molecule has 0 aliphatic carbocycles. The number of anilines is 1. The molecule has 0 aromatic heterocycles. The van der Waals surface area contributed by atoms with Gasteiger partial charge in [-0.25, -0.2) is 4.39 Å². The molecule has 0 fully saturated rings. The van der Waals surface area contributed by atoms with E-state index in [4.69, 9.17) is 18.0 Å². The summed E-state index contributed by atoms with van der Waals surface area (Å²) in [5.74, 6) is 0.146. The van der Waals surface area contributed by atoms with Crippen molar-refractivity contribution in [2.45, 2.75) is 46.6 Å². The highest BCUT2D eigenvalue weighted by Crippen LogP contribution is 2.28. The van der Waals surface area contributed by atoms with Crippen LogP contribution < -0.4 is 10.6 Å². The van der Waals surface area contributed by atoms with Crippen molar-refractivity contribution in [2.24, 2.45) is 11.7 Å². The van der Waals surface area contributed by atoms with Gasteiger partial charge in [0.1, 0.15) is 10.8 Å². The maximum absolute atomic E-state index is 14.1. The number of hydrogen-bond acceptors (Lipinski definition) is 2. The fraction of sp³-hybridized carbons (Fsp3) is 0.562. The second kappa shape index (κ2) is 7.58. The van der Waals surface area contributed by atoms with Gasteiger partial charge in [0.15, 0.2) is 0 Å². The van der Waals surface area contributed by atoms with Gasteiger partial charge >= 0.3 is 0 Å². The Morgan fingerprint density at radius 2 is 1.90 bits per heavy atom. The van der Waals surface area contributed by atoms with Crippen molar-refractivity contribution in [2.75, 3.05) is 11.4 Å². The monoisotopic (exact) mass is 296 g/mol. The molecule has 0 aliphatic rings. The summed E-state index contributed by atoms with van der Waals surface area (Å²) in [5, 5.41) is 0. The molecular formula is C16H25FN2S. The van der Waals surface area contributed by atoms with Crippen LogP contribution in [0.25, 0.3) is 0 Å². The number of thiocarbonyl (C=S) groups is 1. The maximum Gasteiger partial charge on any atom is 0.135 e. The zero-order chi connectivity index (χ0) is 15.3. The molecule has 1 rings (SSSR count). The number of benzene rings is 1. The highest BCUT2D eigenvalue weighted by atomic mass is 32.1. The first-order chi connectivity index (χ1) is 9.42. The lowest BCUT2D eigenvalue weighted by atomic mass is 10.0. The van der Waals surface area contributed by atoms with Crippen LogP contribution in [0.3, 0.4) is 0 Å². The molecule has 0 heterocycles. The van der Waals surface area contributed by atoms with E-state index in [0.717, 1.165) is 25.1 Å². The summed E-state index contributed by atoms with van der Waals surface area (Å²) in [5.41, 5.74) is 6.92. The largest absolute Gasteiger partial charge is 0.389 e. The summed E-state index contributed by atoms with van der Waals surface area (Å²) < 4.78 is 14.1. The van der Waals surface area contributed by atoms with Crippen LogP contribution in [-0.2, 0) is 0 Å². The van der Waals surface area contributed by atoms with Crippen LogP contribution >= 0.6 is 12.2 Å². The second-order valence-electron chi connectivity index (χ2n) is 5.51. The molecule has 0 aliphatic heterocycles. The molecule has 0 bridgehead atoms. The third-order valence-corrected chi connectivity index (χ3v) is 3.70. The molecule has 0 unspecified atom stereocenters. The van der Waals surface area contributed by atoms with E-state index in [1.54, 1.807) is 6.07 Å². The van der Waals surface area contributed by atoms with Crippen molar-refractivity contribution < 1.29 is 4.39 Å². The van der Waals surface area contributed by atoms with E-state index >= 15 is 0 Å². The van der Waals surface area contributed by atoms with Crippen LogP contribution in [0.2, 0.25) is 0 Å². The Bertz CT molecular complexity index is 456. The molecule has 0 atom stereocenters. The Morgan fingerprint density at radius 1 is 1.30 bits per heavy atom. The van der Waals surface area contributed by atoms with Gasteiger partial charge in [0.05, 0.1) is 11.3 Å². The van der Waals surface area contributed by atoms with Crippen molar-refractivity contribution in [3.8, 4) is 0 Å². The van der Waals surface area contributed by atoms with Gasteiger partial charge in [0.25, 0.3) is 0 Å². The molecule has 20 heavy (non-hydrogen) atoms. The average Bonchev–Trinajstić information content (AvgIpc) is 2.37. The molecule has 0 saturated heterocycles. The summed E-state index contributed by atoms with van der Waals surface area (Å²) in [6, 6.07) is 5.42. The van der Waals surface area contributed by atoms with Crippen LogP contribution in [-0.4, -0.2) is 17.6 Å². The molecule has 0 spiro atoms. The quantitative estimate of drug-likeness (QED) is 0.768. The van der Waals surface area contributed by atoms with Crippen LogP contribution in [0.5, 0.6) is 0 Å². The molecule has 0 radical (unpaired) electrons. The van der Waals surface area contributed by atoms with Crippen LogP contribution in [0.1, 0.15) is 46.1 Å². The van der Waals surface area contributed by atoms with E-state index in [1.165, 1.54) is 6.07 Å².